The third kappa shape index (κ3) is 5.73. The lowest BCUT2D eigenvalue weighted by Gasteiger charge is -2.05. The Morgan fingerprint density at radius 2 is 1.81 bits per heavy atom. The van der Waals surface area contributed by atoms with Gasteiger partial charge in [-0.1, -0.05) is 23.7 Å². The van der Waals surface area contributed by atoms with Gasteiger partial charge in [-0.3, -0.25) is 4.79 Å². The molecule has 0 bridgehead atoms. The van der Waals surface area contributed by atoms with Crippen LogP contribution in [0.4, 0.5) is 5.69 Å². The lowest BCUT2D eigenvalue weighted by molar-refractivity contribution is -0.119. The second-order valence-electron chi connectivity index (χ2n) is 4.21. The second-order valence-corrected chi connectivity index (χ2v) is 5.89. The maximum Gasteiger partial charge on any atom is 0.259 e. The van der Waals surface area contributed by atoms with Gasteiger partial charge in [-0.25, -0.2) is 5.43 Å². The minimum Gasteiger partial charge on any atom is -0.376 e. The number of nitrogens with zero attached hydrogens (tertiary/aromatic N) is 1. The summed E-state index contributed by atoms with van der Waals surface area (Å²) in [6.07, 6.45) is 1.57. The first-order valence-electron chi connectivity index (χ1n) is 6.20. The Bertz CT molecular complexity index is 626. The van der Waals surface area contributed by atoms with Crippen molar-refractivity contribution < 1.29 is 4.79 Å². The summed E-state index contributed by atoms with van der Waals surface area (Å²) in [4.78, 5) is 11.6. The molecule has 0 aliphatic heterocycles. The summed E-state index contributed by atoms with van der Waals surface area (Å²) >= 11 is 8.01. The molecular formula is C15H13ClIN3O. The molecule has 0 spiro atoms. The average molecular weight is 414 g/mol. The Morgan fingerprint density at radius 1 is 1.14 bits per heavy atom. The van der Waals surface area contributed by atoms with Crippen LogP contribution >= 0.6 is 34.2 Å². The van der Waals surface area contributed by atoms with Crippen LogP contribution in [0.25, 0.3) is 0 Å². The first kappa shape index (κ1) is 15.8. The zero-order chi connectivity index (χ0) is 15.1. The van der Waals surface area contributed by atoms with Crippen molar-refractivity contribution in [3.05, 3.63) is 62.7 Å². The highest BCUT2D eigenvalue weighted by Crippen LogP contribution is 2.10. The van der Waals surface area contributed by atoms with E-state index in [-0.39, 0.29) is 12.5 Å². The summed E-state index contributed by atoms with van der Waals surface area (Å²) in [6, 6.07) is 15.0. The van der Waals surface area contributed by atoms with Crippen LogP contribution in [0.3, 0.4) is 0 Å². The molecule has 2 aromatic rings. The first-order chi connectivity index (χ1) is 10.1. The van der Waals surface area contributed by atoms with Gasteiger partial charge in [-0.15, -0.1) is 0 Å². The molecule has 0 radical (unpaired) electrons. The predicted molar refractivity (Wildman–Crippen MR) is 94.8 cm³/mol. The number of nitrogens with one attached hydrogen (secondary N) is 2. The van der Waals surface area contributed by atoms with E-state index in [9.17, 15) is 4.79 Å². The number of hydrogen-bond donors (Lipinski definition) is 2. The Hall–Kier alpha value is -1.60. The van der Waals surface area contributed by atoms with Crippen LogP contribution in [0.2, 0.25) is 5.02 Å². The number of hydrazone groups is 1. The summed E-state index contributed by atoms with van der Waals surface area (Å²) in [5, 5.41) is 7.57. The van der Waals surface area contributed by atoms with Crippen LogP contribution in [-0.4, -0.2) is 18.7 Å². The number of rotatable bonds is 5. The minimum absolute atomic E-state index is 0.165. The van der Waals surface area contributed by atoms with Crippen molar-refractivity contribution in [2.45, 2.75) is 0 Å². The van der Waals surface area contributed by atoms with Gasteiger partial charge in [-0.05, 0) is 64.6 Å². The molecule has 0 aromatic heterocycles. The molecule has 0 atom stereocenters. The lowest BCUT2D eigenvalue weighted by atomic mass is 10.2. The molecule has 1 amide bonds. The van der Waals surface area contributed by atoms with Gasteiger partial charge >= 0.3 is 0 Å². The van der Waals surface area contributed by atoms with E-state index in [1.165, 1.54) is 0 Å². The van der Waals surface area contributed by atoms with E-state index in [0.29, 0.717) is 5.02 Å². The maximum atomic E-state index is 11.6. The third-order valence-electron chi connectivity index (χ3n) is 2.57. The van der Waals surface area contributed by atoms with Gasteiger partial charge in [0.15, 0.2) is 0 Å². The second kappa shape index (κ2) is 7.99. The van der Waals surface area contributed by atoms with Crippen LogP contribution in [0.1, 0.15) is 5.56 Å². The van der Waals surface area contributed by atoms with E-state index in [1.54, 1.807) is 18.3 Å². The fraction of sp³-hybridized carbons (Fsp3) is 0.0667. The van der Waals surface area contributed by atoms with E-state index in [2.05, 4.69) is 38.4 Å². The van der Waals surface area contributed by atoms with Crippen LogP contribution in [0.5, 0.6) is 0 Å². The van der Waals surface area contributed by atoms with Crippen molar-refractivity contribution in [3.8, 4) is 0 Å². The SMILES string of the molecule is O=C(CNc1ccc(I)cc1)NN=Cc1ccc(Cl)cc1. The van der Waals surface area contributed by atoms with Crippen molar-refractivity contribution in [3.63, 3.8) is 0 Å². The lowest BCUT2D eigenvalue weighted by Crippen LogP contribution is -2.25. The molecule has 0 fully saturated rings. The average Bonchev–Trinajstić information content (AvgIpc) is 2.49. The van der Waals surface area contributed by atoms with Crippen LogP contribution < -0.4 is 10.7 Å². The zero-order valence-corrected chi connectivity index (χ0v) is 13.9. The van der Waals surface area contributed by atoms with E-state index < -0.39 is 0 Å². The fourth-order valence-corrected chi connectivity index (χ4v) is 2.00. The number of amides is 1. The number of benzene rings is 2. The number of halogens is 2. The summed E-state index contributed by atoms with van der Waals surface area (Å²) < 4.78 is 1.15. The standard InChI is InChI=1S/C15H13ClIN3O/c16-12-3-1-11(2-4-12)9-19-20-15(21)10-18-14-7-5-13(17)6-8-14/h1-9,18H,10H2,(H,20,21). The molecule has 0 aliphatic rings. The molecule has 0 saturated heterocycles. The number of hydrogen-bond acceptors (Lipinski definition) is 3. The Morgan fingerprint density at radius 3 is 2.48 bits per heavy atom. The highest BCUT2D eigenvalue weighted by molar-refractivity contribution is 14.1. The van der Waals surface area contributed by atoms with Crippen LogP contribution in [0, 0.1) is 3.57 Å². The summed E-state index contributed by atoms with van der Waals surface area (Å²) in [5.74, 6) is -0.209. The Balaban J connectivity index is 1.77. The van der Waals surface area contributed by atoms with Gasteiger partial charge in [0.25, 0.3) is 5.91 Å². The van der Waals surface area contributed by atoms with Crippen molar-refractivity contribution in [2.75, 3.05) is 11.9 Å². The van der Waals surface area contributed by atoms with Crippen molar-refractivity contribution in [2.24, 2.45) is 5.10 Å². The van der Waals surface area contributed by atoms with Gasteiger partial charge in [0.2, 0.25) is 0 Å². The van der Waals surface area contributed by atoms with Crippen LogP contribution in [0.15, 0.2) is 53.6 Å². The van der Waals surface area contributed by atoms with E-state index >= 15 is 0 Å². The van der Waals surface area contributed by atoms with Gasteiger partial charge in [-0.2, -0.15) is 5.10 Å². The normalized spacial score (nSPS) is 10.6. The van der Waals surface area contributed by atoms with Crippen molar-refractivity contribution >= 4 is 52.0 Å². The molecular weight excluding hydrogens is 401 g/mol. The molecule has 0 unspecified atom stereocenters. The minimum atomic E-state index is -0.209. The topological polar surface area (TPSA) is 53.5 Å². The summed E-state index contributed by atoms with van der Waals surface area (Å²) in [5.41, 5.74) is 4.22. The highest BCUT2D eigenvalue weighted by atomic mass is 127. The van der Waals surface area contributed by atoms with E-state index in [1.807, 2.05) is 36.4 Å². The van der Waals surface area contributed by atoms with Gasteiger partial charge in [0, 0.05) is 14.3 Å². The number of carbonyl (C=O) groups is 1. The predicted octanol–water partition coefficient (Wildman–Crippen LogP) is 3.51. The quantitative estimate of drug-likeness (QED) is 0.448. The first-order valence-corrected chi connectivity index (χ1v) is 7.66. The Kier molecular flexibility index (Phi) is 6.01. The molecule has 4 nitrogen and oxygen atoms in total. The molecule has 108 valence electrons. The molecule has 0 heterocycles. The van der Waals surface area contributed by atoms with Gasteiger partial charge in [0.05, 0.1) is 12.8 Å². The molecule has 0 aliphatic carbocycles. The third-order valence-corrected chi connectivity index (χ3v) is 3.54. The molecule has 0 saturated carbocycles. The van der Waals surface area contributed by atoms with Gasteiger partial charge < -0.3 is 5.32 Å². The van der Waals surface area contributed by atoms with E-state index in [0.717, 1.165) is 14.8 Å². The van der Waals surface area contributed by atoms with Gasteiger partial charge in [0.1, 0.15) is 0 Å². The number of anilines is 1. The molecule has 21 heavy (non-hydrogen) atoms. The monoisotopic (exact) mass is 413 g/mol. The molecule has 2 aromatic carbocycles. The molecule has 2 rings (SSSR count). The molecule has 2 N–H and O–H groups in total. The maximum absolute atomic E-state index is 11.6. The smallest absolute Gasteiger partial charge is 0.259 e. The van der Waals surface area contributed by atoms with Crippen molar-refractivity contribution in [1.29, 1.82) is 0 Å². The number of carbonyl (C=O) groups excluding carboxylic acids is 1. The molecule has 6 heteroatoms. The highest BCUT2D eigenvalue weighted by Gasteiger charge is 1.99. The largest absolute Gasteiger partial charge is 0.376 e. The summed E-state index contributed by atoms with van der Waals surface area (Å²) in [7, 11) is 0. The van der Waals surface area contributed by atoms with Crippen molar-refractivity contribution in [1.82, 2.24) is 5.43 Å². The Labute approximate surface area is 141 Å². The van der Waals surface area contributed by atoms with E-state index in [4.69, 9.17) is 11.6 Å². The fourth-order valence-electron chi connectivity index (χ4n) is 1.52. The van der Waals surface area contributed by atoms with Crippen LogP contribution in [-0.2, 0) is 4.79 Å². The zero-order valence-electron chi connectivity index (χ0n) is 11.0. The summed E-state index contributed by atoms with van der Waals surface area (Å²) in [6.45, 7) is 0.165.